The number of amides is 1. The molecular weight excluding hydrogens is 385 g/mol. The second kappa shape index (κ2) is 7.85. The zero-order valence-corrected chi connectivity index (χ0v) is 16.8. The highest BCUT2D eigenvalue weighted by molar-refractivity contribution is 6.06. The molecular formula is C20H27F3N4O2. The molecule has 0 aromatic carbocycles. The second-order valence-electron chi connectivity index (χ2n) is 8.16. The van der Waals surface area contributed by atoms with E-state index in [0.717, 1.165) is 24.4 Å². The van der Waals surface area contributed by atoms with Crippen LogP contribution in [0.5, 0.6) is 0 Å². The highest BCUT2D eigenvalue weighted by atomic mass is 19.4. The van der Waals surface area contributed by atoms with Gasteiger partial charge in [0.25, 0.3) is 0 Å². The number of carbonyl (C=O) groups excluding carboxylic acids is 1. The molecule has 2 heterocycles. The molecule has 3 rings (SSSR count). The number of piperidine rings is 1. The third kappa shape index (κ3) is 4.19. The minimum atomic E-state index is -4.76. The van der Waals surface area contributed by atoms with Gasteiger partial charge in [-0.05, 0) is 37.8 Å². The highest BCUT2D eigenvalue weighted by Crippen LogP contribution is 2.43. The zero-order valence-electron chi connectivity index (χ0n) is 16.8. The van der Waals surface area contributed by atoms with E-state index in [1.54, 1.807) is 13.3 Å². The summed E-state index contributed by atoms with van der Waals surface area (Å²) in [6.07, 6.45) is 4.16. The van der Waals surface area contributed by atoms with Crippen LogP contribution in [0.2, 0.25) is 0 Å². The van der Waals surface area contributed by atoms with E-state index in [1.165, 1.54) is 0 Å². The van der Waals surface area contributed by atoms with Gasteiger partial charge in [-0.15, -0.1) is 0 Å². The first-order valence-corrected chi connectivity index (χ1v) is 9.64. The Labute approximate surface area is 168 Å². The Hall–Kier alpha value is -2.29. The summed E-state index contributed by atoms with van der Waals surface area (Å²) in [5.74, 6) is -0.301. The number of hydrogen-bond acceptors (Lipinski definition) is 5. The van der Waals surface area contributed by atoms with E-state index in [4.69, 9.17) is 10.5 Å². The van der Waals surface area contributed by atoms with Gasteiger partial charge in [0.15, 0.2) is 6.04 Å². The monoisotopic (exact) mass is 412 g/mol. The molecule has 0 aromatic heterocycles. The number of halogens is 3. The Morgan fingerprint density at radius 1 is 1.41 bits per heavy atom. The lowest BCUT2D eigenvalue weighted by molar-refractivity contribution is -0.163. The summed E-state index contributed by atoms with van der Waals surface area (Å²) >= 11 is 0. The molecule has 0 aromatic rings. The fourth-order valence-corrected chi connectivity index (χ4v) is 4.35. The molecule has 1 aliphatic carbocycles. The van der Waals surface area contributed by atoms with Crippen molar-refractivity contribution in [3.63, 3.8) is 0 Å². The second-order valence-corrected chi connectivity index (χ2v) is 8.16. The highest BCUT2D eigenvalue weighted by Gasteiger charge is 2.45. The predicted molar refractivity (Wildman–Crippen MR) is 104 cm³/mol. The fourth-order valence-electron chi connectivity index (χ4n) is 4.35. The number of rotatable bonds is 4. The van der Waals surface area contributed by atoms with Crippen LogP contribution in [0.4, 0.5) is 13.2 Å². The van der Waals surface area contributed by atoms with E-state index in [0.29, 0.717) is 18.7 Å². The molecule has 2 unspecified atom stereocenters. The van der Waals surface area contributed by atoms with Gasteiger partial charge in [0.05, 0.1) is 18.2 Å². The average Bonchev–Trinajstić information content (AvgIpc) is 2.64. The van der Waals surface area contributed by atoms with Gasteiger partial charge in [-0.3, -0.25) is 9.79 Å². The van der Waals surface area contributed by atoms with E-state index in [9.17, 15) is 18.0 Å². The van der Waals surface area contributed by atoms with Gasteiger partial charge in [0.2, 0.25) is 5.91 Å². The average molecular weight is 412 g/mol. The van der Waals surface area contributed by atoms with E-state index in [2.05, 4.69) is 22.1 Å². The molecule has 0 radical (unpaired) electrons. The lowest BCUT2D eigenvalue weighted by Gasteiger charge is -2.47. The normalized spacial score (nSPS) is 30.6. The van der Waals surface area contributed by atoms with Crippen LogP contribution in [0, 0.1) is 11.3 Å². The van der Waals surface area contributed by atoms with Crippen LogP contribution in [0.15, 0.2) is 40.9 Å². The van der Waals surface area contributed by atoms with Crippen LogP contribution in [0.25, 0.3) is 0 Å². The van der Waals surface area contributed by atoms with Gasteiger partial charge in [-0.25, -0.2) is 0 Å². The van der Waals surface area contributed by atoms with Gasteiger partial charge < -0.3 is 20.7 Å². The molecule has 9 heteroatoms. The van der Waals surface area contributed by atoms with Gasteiger partial charge in [0.1, 0.15) is 5.76 Å². The van der Waals surface area contributed by atoms with Crippen molar-refractivity contribution >= 4 is 11.6 Å². The van der Waals surface area contributed by atoms with E-state index < -0.39 is 29.6 Å². The van der Waals surface area contributed by atoms with Crippen LogP contribution in [-0.2, 0) is 9.53 Å². The topological polar surface area (TPSA) is 80.0 Å². The van der Waals surface area contributed by atoms with E-state index in [1.807, 2.05) is 25.2 Å². The molecule has 6 nitrogen and oxygen atoms in total. The predicted octanol–water partition coefficient (Wildman–Crippen LogP) is 2.50. The minimum Gasteiger partial charge on any atom is -0.495 e. The van der Waals surface area contributed by atoms with Crippen molar-refractivity contribution in [2.24, 2.45) is 22.1 Å². The maximum Gasteiger partial charge on any atom is 0.412 e. The molecule has 2 aliphatic heterocycles. The van der Waals surface area contributed by atoms with Gasteiger partial charge in [-0.1, -0.05) is 13.0 Å². The zero-order chi connectivity index (χ0) is 21.4. The fraction of sp³-hybridized carbons (Fsp3) is 0.600. The third-order valence-corrected chi connectivity index (χ3v) is 5.75. The molecule has 4 atom stereocenters. The summed E-state index contributed by atoms with van der Waals surface area (Å²) in [7, 11) is 1.60. The Balaban J connectivity index is 1.81. The number of methoxy groups -OCH3 is 1. The van der Waals surface area contributed by atoms with Crippen LogP contribution in [0.1, 0.15) is 26.7 Å². The van der Waals surface area contributed by atoms with Crippen molar-refractivity contribution in [1.82, 2.24) is 10.2 Å². The van der Waals surface area contributed by atoms with Crippen LogP contribution in [0.3, 0.4) is 0 Å². The van der Waals surface area contributed by atoms with E-state index >= 15 is 0 Å². The summed E-state index contributed by atoms with van der Waals surface area (Å²) in [6, 6.07) is -2.94. The summed E-state index contributed by atoms with van der Waals surface area (Å²) < 4.78 is 43.8. The smallest absolute Gasteiger partial charge is 0.412 e. The van der Waals surface area contributed by atoms with Gasteiger partial charge in [0, 0.05) is 31.0 Å². The number of hydrogen-bond donors (Lipinski definition) is 2. The first kappa shape index (κ1) is 21.4. The molecule has 160 valence electrons. The number of fused-ring (bicyclic) bond motifs is 1. The molecule has 1 saturated heterocycles. The van der Waals surface area contributed by atoms with Crippen molar-refractivity contribution in [3.8, 4) is 0 Å². The number of ether oxygens (including phenoxy) is 1. The first-order chi connectivity index (χ1) is 13.6. The maximum absolute atomic E-state index is 12.8. The lowest BCUT2D eigenvalue weighted by atomic mass is 9.72. The Morgan fingerprint density at radius 3 is 2.79 bits per heavy atom. The summed E-state index contributed by atoms with van der Waals surface area (Å²) in [5.41, 5.74) is 6.51. The van der Waals surface area contributed by atoms with Crippen molar-refractivity contribution in [1.29, 1.82) is 0 Å². The number of nitrogens with two attached hydrogens (primary N) is 1. The molecule has 3 N–H and O–H groups in total. The summed E-state index contributed by atoms with van der Waals surface area (Å²) in [4.78, 5) is 18.6. The molecule has 1 amide bonds. The van der Waals surface area contributed by atoms with Crippen LogP contribution >= 0.6 is 0 Å². The number of likely N-dealkylation sites (tertiary alicyclic amines) is 1. The van der Waals surface area contributed by atoms with E-state index in [-0.39, 0.29) is 5.92 Å². The van der Waals surface area contributed by atoms with Crippen molar-refractivity contribution < 1.29 is 22.7 Å². The van der Waals surface area contributed by atoms with Crippen molar-refractivity contribution in [3.05, 3.63) is 35.9 Å². The lowest BCUT2D eigenvalue weighted by Crippen LogP contribution is -2.57. The summed E-state index contributed by atoms with van der Waals surface area (Å²) in [6.45, 7) is 5.26. The molecule has 29 heavy (non-hydrogen) atoms. The van der Waals surface area contributed by atoms with Crippen LogP contribution in [-0.4, -0.2) is 55.0 Å². The molecule has 1 fully saturated rings. The number of alkyl halides is 3. The van der Waals surface area contributed by atoms with Gasteiger partial charge in [-0.2, -0.15) is 13.2 Å². The largest absolute Gasteiger partial charge is 0.495 e. The quantitative estimate of drug-likeness (QED) is 0.744. The Morgan fingerprint density at radius 2 is 2.14 bits per heavy atom. The third-order valence-electron chi connectivity index (χ3n) is 5.75. The number of allylic oxidation sites excluding steroid dienone is 5. The van der Waals surface area contributed by atoms with Gasteiger partial charge >= 0.3 is 6.18 Å². The Bertz CT molecular complexity index is 787. The number of nitrogens with zero attached hydrogens (tertiary/aromatic N) is 2. The number of carbonyl (C=O) groups is 1. The van der Waals surface area contributed by atoms with Crippen molar-refractivity contribution in [2.45, 2.75) is 44.9 Å². The van der Waals surface area contributed by atoms with Crippen LogP contribution < -0.4 is 11.1 Å². The molecule has 0 saturated carbocycles. The maximum atomic E-state index is 12.8. The standard InChI is InChI=1S/C20H27F3N4O2/c1-12-9-13(26-18(28)16(24)20(21,22)23)11-27(10-12)15-6-5-14(29-3)17-19(15,2)7-4-8-25-17/h4-6,8,12-13,16H,7,9-11,24H2,1-3H3,(H,26,28)/t12-,13+,16?,19?/m0/s1. The molecule has 0 bridgehead atoms. The molecule has 3 aliphatic rings. The SMILES string of the molecule is COC1=CC=C(N2C[C@@H](C)C[C@@H](NC(=O)C(N)C(F)(F)F)C2)C2(C)CC=CN=C12. The molecule has 0 spiro atoms. The van der Waals surface area contributed by atoms with Crippen molar-refractivity contribution in [2.75, 3.05) is 20.2 Å². The first-order valence-electron chi connectivity index (χ1n) is 9.64. The summed E-state index contributed by atoms with van der Waals surface area (Å²) in [5, 5.41) is 2.49. The Kier molecular flexibility index (Phi) is 5.80. The number of nitrogens with one attached hydrogen (secondary N) is 1. The minimum absolute atomic E-state index is 0.188. The number of aliphatic imine (C=N–C) groups is 1.